The van der Waals surface area contributed by atoms with Crippen LogP contribution in [0.4, 0.5) is 0 Å². The average Bonchev–Trinajstić information content (AvgIpc) is 2.60. The van der Waals surface area contributed by atoms with E-state index in [0.29, 0.717) is 0 Å². The van der Waals surface area contributed by atoms with Crippen molar-refractivity contribution in [2.45, 2.75) is 51.0 Å². The molecular weight excluding hydrogens is 304 g/mol. The third-order valence-corrected chi connectivity index (χ3v) is 6.54. The normalized spacial score (nSPS) is 34.9. The number of esters is 1. The Labute approximate surface area is 144 Å². The maximum Gasteiger partial charge on any atom is 0.311 e. The molecule has 2 aliphatic carbocycles. The predicted octanol–water partition coefficient (Wildman–Crippen LogP) is 4.02. The van der Waals surface area contributed by atoms with Crippen LogP contribution in [-0.4, -0.2) is 27.3 Å². The first-order valence-electron chi connectivity index (χ1n) is 8.70. The SMILES string of the molecule is COC(=O)[C@@]1(C)CCC[C@]2(C)c3cc(OC)ccc3[C@H](OC)C[C@@H]12. The second kappa shape index (κ2) is 6.07. The lowest BCUT2D eigenvalue weighted by atomic mass is 9.49. The summed E-state index contributed by atoms with van der Waals surface area (Å²) in [7, 11) is 4.93. The quantitative estimate of drug-likeness (QED) is 0.784. The largest absolute Gasteiger partial charge is 0.497 e. The molecule has 1 fully saturated rings. The Hall–Kier alpha value is -1.55. The Morgan fingerprint density at radius 2 is 1.92 bits per heavy atom. The smallest absolute Gasteiger partial charge is 0.311 e. The van der Waals surface area contributed by atoms with Crippen LogP contribution in [0, 0.1) is 11.3 Å². The number of rotatable bonds is 3. The summed E-state index contributed by atoms with van der Waals surface area (Å²) < 4.78 is 16.4. The second-order valence-electron chi connectivity index (χ2n) is 7.65. The van der Waals surface area contributed by atoms with Crippen LogP contribution in [0.5, 0.6) is 5.75 Å². The lowest BCUT2D eigenvalue weighted by molar-refractivity contribution is -0.163. The fourth-order valence-electron chi connectivity index (χ4n) is 5.20. The van der Waals surface area contributed by atoms with Gasteiger partial charge in [-0.15, -0.1) is 0 Å². The highest BCUT2D eigenvalue weighted by atomic mass is 16.5. The van der Waals surface area contributed by atoms with Crippen molar-refractivity contribution < 1.29 is 19.0 Å². The number of carbonyl (C=O) groups is 1. The highest BCUT2D eigenvalue weighted by molar-refractivity contribution is 5.77. The minimum absolute atomic E-state index is 0.00561. The van der Waals surface area contributed by atoms with Crippen LogP contribution in [0.15, 0.2) is 18.2 Å². The summed E-state index contributed by atoms with van der Waals surface area (Å²) in [5.41, 5.74) is 1.95. The van der Waals surface area contributed by atoms with Gasteiger partial charge in [0, 0.05) is 7.11 Å². The summed E-state index contributed by atoms with van der Waals surface area (Å²) in [6.45, 7) is 4.36. The number of hydrogen-bond donors (Lipinski definition) is 0. The van der Waals surface area contributed by atoms with Gasteiger partial charge in [0.1, 0.15) is 5.75 Å². The van der Waals surface area contributed by atoms with Gasteiger partial charge in [0.05, 0.1) is 25.7 Å². The van der Waals surface area contributed by atoms with Gasteiger partial charge < -0.3 is 14.2 Å². The zero-order valence-electron chi connectivity index (χ0n) is 15.3. The van der Waals surface area contributed by atoms with E-state index >= 15 is 0 Å². The lowest BCUT2D eigenvalue weighted by Crippen LogP contribution is -2.53. The molecule has 4 atom stereocenters. The molecule has 1 aromatic carbocycles. The van der Waals surface area contributed by atoms with Crippen LogP contribution in [0.3, 0.4) is 0 Å². The molecule has 0 radical (unpaired) electrons. The van der Waals surface area contributed by atoms with Crippen molar-refractivity contribution in [2.75, 3.05) is 21.3 Å². The van der Waals surface area contributed by atoms with Crippen molar-refractivity contribution >= 4 is 5.97 Å². The summed E-state index contributed by atoms with van der Waals surface area (Å²) in [5.74, 6) is 0.950. The molecular formula is C20H28O4. The summed E-state index contributed by atoms with van der Waals surface area (Å²) in [6.07, 6.45) is 3.81. The monoisotopic (exact) mass is 332 g/mol. The maximum absolute atomic E-state index is 12.6. The zero-order chi connectivity index (χ0) is 17.5. The van der Waals surface area contributed by atoms with Gasteiger partial charge >= 0.3 is 5.97 Å². The van der Waals surface area contributed by atoms with Gasteiger partial charge in [0.25, 0.3) is 0 Å². The number of hydrogen-bond acceptors (Lipinski definition) is 4. The van der Waals surface area contributed by atoms with E-state index in [1.54, 1.807) is 14.2 Å². The van der Waals surface area contributed by atoms with Gasteiger partial charge in [0.15, 0.2) is 0 Å². The van der Waals surface area contributed by atoms with Crippen LogP contribution >= 0.6 is 0 Å². The molecule has 4 heteroatoms. The van der Waals surface area contributed by atoms with Crippen LogP contribution in [0.2, 0.25) is 0 Å². The lowest BCUT2D eigenvalue weighted by Gasteiger charge is -2.55. The second-order valence-corrected chi connectivity index (χ2v) is 7.65. The van der Waals surface area contributed by atoms with E-state index in [4.69, 9.17) is 14.2 Å². The van der Waals surface area contributed by atoms with Crippen molar-refractivity contribution in [1.82, 2.24) is 0 Å². The van der Waals surface area contributed by atoms with Crippen molar-refractivity contribution in [3.05, 3.63) is 29.3 Å². The topological polar surface area (TPSA) is 44.8 Å². The number of ether oxygens (including phenoxy) is 3. The first kappa shape index (κ1) is 17.3. The van der Waals surface area contributed by atoms with Crippen LogP contribution in [-0.2, 0) is 19.7 Å². The molecule has 0 N–H and O–H groups in total. The molecule has 1 aromatic rings. The number of methoxy groups -OCH3 is 3. The van der Waals surface area contributed by atoms with E-state index in [0.717, 1.165) is 31.4 Å². The fourth-order valence-corrected chi connectivity index (χ4v) is 5.20. The Balaban J connectivity index is 2.16. The molecule has 1 saturated carbocycles. The van der Waals surface area contributed by atoms with E-state index in [2.05, 4.69) is 26.0 Å². The molecule has 132 valence electrons. The Morgan fingerprint density at radius 1 is 1.17 bits per heavy atom. The third-order valence-electron chi connectivity index (χ3n) is 6.54. The Kier molecular flexibility index (Phi) is 4.37. The van der Waals surface area contributed by atoms with Gasteiger partial charge in [-0.1, -0.05) is 19.4 Å². The fraction of sp³-hybridized carbons (Fsp3) is 0.650. The van der Waals surface area contributed by atoms with E-state index in [-0.39, 0.29) is 23.4 Å². The van der Waals surface area contributed by atoms with Crippen LogP contribution < -0.4 is 4.74 Å². The minimum Gasteiger partial charge on any atom is -0.497 e. The van der Waals surface area contributed by atoms with Crippen LogP contribution in [0.25, 0.3) is 0 Å². The predicted molar refractivity (Wildman–Crippen MR) is 92.2 cm³/mol. The first-order chi connectivity index (χ1) is 11.4. The molecule has 3 rings (SSSR count). The highest BCUT2D eigenvalue weighted by Gasteiger charge is 2.57. The van der Waals surface area contributed by atoms with Gasteiger partial charge in [-0.2, -0.15) is 0 Å². The molecule has 0 amide bonds. The molecule has 0 aromatic heterocycles. The van der Waals surface area contributed by atoms with E-state index in [1.807, 2.05) is 6.07 Å². The van der Waals surface area contributed by atoms with Crippen molar-refractivity contribution in [3.8, 4) is 5.75 Å². The van der Waals surface area contributed by atoms with Crippen molar-refractivity contribution in [1.29, 1.82) is 0 Å². The summed E-state index contributed by atoms with van der Waals surface area (Å²) in [6, 6.07) is 6.25. The minimum atomic E-state index is -0.473. The van der Waals surface area contributed by atoms with Crippen LogP contribution in [0.1, 0.15) is 56.8 Å². The van der Waals surface area contributed by atoms with Gasteiger partial charge in [0.2, 0.25) is 0 Å². The number of carbonyl (C=O) groups excluding carboxylic acids is 1. The van der Waals surface area contributed by atoms with E-state index in [1.165, 1.54) is 18.2 Å². The molecule has 0 aliphatic heterocycles. The average molecular weight is 332 g/mol. The number of fused-ring (bicyclic) bond motifs is 3. The standard InChI is InChI=1S/C20H28O4/c1-19-9-6-10-20(2,18(21)24-5)17(19)12-16(23-4)14-8-7-13(22-3)11-15(14)19/h7-8,11,16-17H,6,9-10,12H2,1-5H3/t16-,17-,19-,20+/m1/s1. The summed E-state index contributed by atoms with van der Waals surface area (Å²) >= 11 is 0. The molecule has 0 spiro atoms. The van der Waals surface area contributed by atoms with E-state index in [9.17, 15) is 4.79 Å². The Morgan fingerprint density at radius 3 is 2.54 bits per heavy atom. The molecule has 4 nitrogen and oxygen atoms in total. The van der Waals surface area contributed by atoms with Gasteiger partial charge in [-0.3, -0.25) is 4.79 Å². The molecule has 0 saturated heterocycles. The van der Waals surface area contributed by atoms with Crippen molar-refractivity contribution in [2.24, 2.45) is 11.3 Å². The third kappa shape index (κ3) is 2.34. The highest BCUT2D eigenvalue weighted by Crippen LogP contribution is 2.60. The summed E-state index contributed by atoms with van der Waals surface area (Å²) in [5, 5.41) is 0. The molecule has 0 bridgehead atoms. The molecule has 0 unspecified atom stereocenters. The first-order valence-corrected chi connectivity index (χ1v) is 8.70. The maximum atomic E-state index is 12.6. The number of benzene rings is 1. The van der Waals surface area contributed by atoms with E-state index < -0.39 is 5.41 Å². The van der Waals surface area contributed by atoms with Crippen molar-refractivity contribution in [3.63, 3.8) is 0 Å². The Bertz CT molecular complexity index is 641. The molecule has 24 heavy (non-hydrogen) atoms. The molecule has 0 heterocycles. The summed E-state index contributed by atoms with van der Waals surface area (Å²) in [4.78, 5) is 12.6. The van der Waals surface area contributed by atoms with Gasteiger partial charge in [-0.05, 0) is 60.8 Å². The zero-order valence-corrected chi connectivity index (χ0v) is 15.3. The molecule has 2 aliphatic rings. The van der Waals surface area contributed by atoms with Gasteiger partial charge in [-0.25, -0.2) is 0 Å².